The van der Waals surface area contributed by atoms with E-state index in [1.165, 1.54) is 12.1 Å². The molecule has 21 heavy (non-hydrogen) atoms. The molecule has 2 aromatic carbocycles. The zero-order chi connectivity index (χ0) is 15.2. The monoisotopic (exact) mass is 287 g/mol. The number of rotatable bonds is 5. The first-order valence-electron chi connectivity index (χ1n) is 6.67. The lowest BCUT2D eigenvalue weighted by atomic mass is 10.2. The molecule has 0 saturated carbocycles. The number of carbonyl (C=O) groups is 1. The van der Waals surface area contributed by atoms with Crippen molar-refractivity contribution in [1.29, 1.82) is 0 Å². The summed E-state index contributed by atoms with van der Waals surface area (Å²) in [6, 6.07) is 13.2. The number of hydrogen-bond donors (Lipinski definition) is 2. The summed E-state index contributed by atoms with van der Waals surface area (Å²) in [7, 11) is 1.86. The van der Waals surface area contributed by atoms with Crippen molar-refractivity contribution >= 4 is 23.0 Å². The fourth-order valence-electron chi connectivity index (χ4n) is 1.88. The van der Waals surface area contributed by atoms with Crippen LogP contribution in [0.25, 0.3) is 0 Å². The molecule has 0 atom stereocenters. The average molecular weight is 287 g/mol. The van der Waals surface area contributed by atoms with Gasteiger partial charge in [0.25, 0.3) is 0 Å². The third-order valence-electron chi connectivity index (χ3n) is 3.14. The number of anilines is 3. The minimum atomic E-state index is -0.270. The Hall–Kier alpha value is -2.56. The molecule has 0 fully saturated rings. The highest BCUT2D eigenvalue weighted by molar-refractivity contribution is 5.91. The lowest BCUT2D eigenvalue weighted by molar-refractivity contribution is -0.116. The number of halogens is 1. The first-order chi connectivity index (χ1) is 10.0. The second-order valence-electron chi connectivity index (χ2n) is 4.82. The number of nitrogens with zero attached hydrogens (tertiary/aromatic N) is 1. The molecule has 0 bridgehead atoms. The minimum Gasteiger partial charge on any atom is -0.399 e. The molecule has 110 valence electrons. The van der Waals surface area contributed by atoms with Crippen molar-refractivity contribution in [2.45, 2.75) is 6.42 Å². The molecule has 2 aromatic rings. The fraction of sp³-hybridized carbons (Fsp3) is 0.188. The summed E-state index contributed by atoms with van der Waals surface area (Å²) in [5.41, 5.74) is 7.83. The zero-order valence-corrected chi connectivity index (χ0v) is 11.8. The minimum absolute atomic E-state index is 0.0752. The van der Waals surface area contributed by atoms with E-state index in [4.69, 9.17) is 5.73 Å². The van der Waals surface area contributed by atoms with Crippen LogP contribution in [-0.2, 0) is 4.79 Å². The zero-order valence-electron chi connectivity index (χ0n) is 11.8. The predicted molar refractivity (Wildman–Crippen MR) is 83.8 cm³/mol. The van der Waals surface area contributed by atoms with E-state index < -0.39 is 0 Å². The van der Waals surface area contributed by atoms with E-state index in [9.17, 15) is 9.18 Å². The topological polar surface area (TPSA) is 58.4 Å². The Morgan fingerprint density at radius 3 is 2.38 bits per heavy atom. The van der Waals surface area contributed by atoms with Crippen LogP contribution >= 0.6 is 0 Å². The Morgan fingerprint density at radius 1 is 1.14 bits per heavy atom. The highest BCUT2D eigenvalue weighted by atomic mass is 19.1. The Balaban J connectivity index is 1.83. The molecule has 3 N–H and O–H groups in total. The van der Waals surface area contributed by atoms with Gasteiger partial charge >= 0.3 is 0 Å². The lowest BCUT2D eigenvalue weighted by Crippen LogP contribution is -2.23. The largest absolute Gasteiger partial charge is 0.399 e. The number of benzene rings is 2. The standard InChI is InChI=1S/C16H18FN3O/c1-20(15-8-2-12(17)3-9-15)11-10-16(21)19-14-6-4-13(18)5-7-14/h2-9H,10-11,18H2,1H3,(H,19,21). The van der Waals surface area contributed by atoms with Gasteiger partial charge in [0.05, 0.1) is 0 Å². The molecule has 0 radical (unpaired) electrons. The van der Waals surface area contributed by atoms with E-state index >= 15 is 0 Å². The summed E-state index contributed by atoms with van der Waals surface area (Å²) in [6.45, 7) is 0.548. The van der Waals surface area contributed by atoms with Crippen LogP contribution in [0.3, 0.4) is 0 Å². The maximum absolute atomic E-state index is 12.8. The lowest BCUT2D eigenvalue weighted by Gasteiger charge is -2.18. The highest BCUT2D eigenvalue weighted by Gasteiger charge is 2.06. The SMILES string of the molecule is CN(CCC(=O)Nc1ccc(N)cc1)c1ccc(F)cc1. The molecule has 0 aliphatic carbocycles. The van der Waals surface area contributed by atoms with Crippen LogP contribution in [-0.4, -0.2) is 19.5 Å². The molecule has 0 aliphatic rings. The average Bonchev–Trinajstić information content (AvgIpc) is 2.48. The van der Waals surface area contributed by atoms with Crippen LogP contribution < -0.4 is 16.0 Å². The molecule has 0 spiro atoms. The molecule has 1 amide bonds. The van der Waals surface area contributed by atoms with Crippen LogP contribution in [0.2, 0.25) is 0 Å². The normalized spacial score (nSPS) is 10.2. The van der Waals surface area contributed by atoms with Gasteiger partial charge in [-0.15, -0.1) is 0 Å². The van der Waals surface area contributed by atoms with Crippen molar-refractivity contribution < 1.29 is 9.18 Å². The van der Waals surface area contributed by atoms with Crippen molar-refractivity contribution in [2.75, 3.05) is 29.5 Å². The quantitative estimate of drug-likeness (QED) is 0.831. The van der Waals surface area contributed by atoms with Crippen molar-refractivity contribution in [3.05, 3.63) is 54.3 Å². The molecule has 0 unspecified atom stereocenters. The van der Waals surface area contributed by atoms with E-state index in [2.05, 4.69) is 5.32 Å². The third kappa shape index (κ3) is 4.49. The second kappa shape index (κ2) is 6.74. The Morgan fingerprint density at radius 2 is 1.76 bits per heavy atom. The van der Waals surface area contributed by atoms with Gasteiger partial charge in [-0.1, -0.05) is 0 Å². The van der Waals surface area contributed by atoms with Gasteiger partial charge in [0.15, 0.2) is 0 Å². The Labute approximate surface area is 123 Å². The molecule has 4 nitrogen and oxygen atoms in total. The molecule has 0 aliphatic heterocycles. The first kappa shape index (κ1) is 14.8. The van der Waals surface area contributed by atoms with Gasteiger partial charge < -0.3 is 16.0 Å². The Bertz CT molecular complexity index is 596. The van der Waals surface area contributed by atoms with Crippen molar-refractivity contribution in [2.24, 2.45) is 0 Å². The number of amides is 1. The number of hydrogen-bond acceptors (Lipinski definition) is 3. The molecule has 2 rings (SSSR count). The smallest absolute Gasteiger partial charge is 0.226 e. The van der Waals surface area contributed by atoms with Crippen LogP contribution in [0.4, 0.5) is 21.5 Å². The number of nitrogens with one attached hydrogen (secondary N) is 1. The summed E-state index contributed by atoms with van der Waals surface area (Å²) < 4.78 is 12.8. The summed E-state index contributed by atoms with van der Waals surface area (Å²) in [4.78, 5) is 13.8. The van der Waals surface area contributed by atoms with E-state index in [-0.39, 0.29) is 11.7 Å². The molecular formula is C16H18FN3O. The molecule has 0 saturated heterocycles. The van der Waals surface area contributed by atoms with Crippen molar-refractivity contribution in [3.63, 3.8) is 0 Å². The summed E-state index contributed by atoms with van der Waals surface area (Å²) in [5, 5.41) is 2.80. The maximum Gasteiger partial charge on any atom is 0.226 e. The molecule has 0 aromatic heterocycles. The van der Waals surface area contributed by atoms with Crippen LogP contribution in [0, 0.1) is 5.82 Å². The van der Waals surface area contributed by atoms with Crippen LogP contribution in [0.5, 0.6) is 0 Å². The van der Waals surface area contributed by atoms with E-state index in [1.807, 2.05) is 11.9 Å². The van der Waals surface area contributed by atoms with Crippen molar-refractivity contribution in [1.82, 2.24) is 0 Å². The summed E-state index contributed by atoms with van der Waals surface area (Å²) in [6.07, 6.45) is 0.345. The van der Waals surface area contributed by atoms with E-state index in [0.717, 1.165) is 11.4 Å². The molecule has 5 heteroatoms. The van der Waals surface area contributed by atoms with Gasteiger partial charge in [0, 0.05) is 37.1 Å². The first-order valence-corrected chi connectivity index (χ1v) is 6.67. The van der Waals surface area contributed by atoms with Gasteiger partial charge in [0.2, 0.25) is 5.91 Å². The van der Waals surface area contributed by atoms with Gasteiger partial charge in [-0.25, -0.2) is 4.39 Å². The highest BCUT2D eigenvalue weighted by Crippen LogP contribution is 2.14. The fourth-order valence-corrected chi connectivity index (χ4v) is 1.88. The summed E-state index contributed by atoms with van der Waals surface area (Å²) >= 11 is 0. The number of nitrogen functional groups attached to an aromatic ring is 1. The summed E-state index contributed by atoms with van der Waals surface area (Å²) in [5.74, 6) is -0.345. The second-order valence-corrected chi connectivity index (χ2v) is 4.82. The predicted octanol–water partition coefficient (Wildman–Crippen LogP) is 2.87. The van der Waals surface area contributed by atoms with Crippen molar-refractivity contribution in [3.8, 4) is 0 Å². The van der Waals surface area contributed by atoms with Crippen LogP contribution in [0.1, 0.15) is 6.42 Å². The van der Waals surface area contributed by atoms with E-state index in [1.54, 1.807) is 36.4 Å². The Kier molecular flexibility index (Phi) is 4.77. The molecule has 0 heterocycles. The maximum atomic E-state index is 12.8. The molecular weight excluding hydrogens is 269 g/mol. The number of carbonyl (C=O) groups excluding carboxylic acids is 1. The van der Waals surface area contributed by atoms with Crippen LogP contribution in [0.15, 0.2) is 48.5 Å². The van der Waals surface area contributed by atoms with Gasteiger partial charge in [0.1, 0.15) is 5.82 Å². The van der Waals surface area contributed by atoms with E-state index in [0.29, 0.717) is 18.7 Å². The number of nitrogens with two attached hydrogens (primary N) is 1. The van der Waals surface area contributed by atoms with Gasteiger partial charge in [-0.05, 0) is 48.5 Å². The third-order valence-corrected chi connectivity index (χ3v) is 3.14. The van der Waals surface area contributed by atoms with Gasteiger partial charge in [-0.3, -0.25) is 4.79 Å². The van der Waals surface area contributed by atoms with Gasteiger partial charge in [-0.2, -0.15) is 0 Å².